The third-order valence-corrected chi connectivity index (χ3v) is 5.12. The van der Waals surface area contributed by atoms with Crippen LogP contribution in [0.15, 0.2) is 17.6 Å². The SMILES string of the molecule is CC(C)CN1CCC(Nc2c(Cl)ccc3scnc23)CC1. The van der Waals surface area contributed by atoms with E-state index in [9.17, 15) is 0 Å². The number of halogens is 1. The Bertz CT molecular complexity index is 603. The van der Waals surface area contributed by atoms with Crippen molar-refractivity contribution in [3.8, 4) is 0 Å². The van der Waals surface area contributed by atoms with Gasteiger partial charge in [-0.3, -0.25) is 0 Å². The van der Waals surface area contributed by atoms with Crippen molar-refractivity contribution in [1.82, 2.24) is 9.88 Å². The first-order valence-electron chi connectivity index (χ1n) is 7.64. The van der Waals surface area contributed by atoms with Crippen LogP contribution in [0.2, 0.25) is 5.02 Å². The van der Waals surface area contributed by atoms with Crippen LogP contribution in [-0.2, 0) is 0 Å². The molecule has 0 aliphatic carbocycles. The summed E-state index contributed by atoms with van der Waals surface area (Å²) in [6, 6.07) is 4.52. The highest BCUT2D eigenvalue weighted by Gasteiger charge is 2.21. The van der Waals surface area contributed by atoms with E-state index >= 15 is 0 Å². The van der Waals surface area contributed by atoms with Gasteiger partial charge in [0.2, 0.25) is 0 Å². The monoisotopic (exact) mass is 323 g/mol. The molecule has 21 heavy (non-hydrogen) atoms. The van der Waals surface area contributed by atoms with E-state index in [-0.39, 0.29) is 0 Å². The number of rotatable bonds is 4. The molecule has 1 aliphatic heterocycles. The minimum atomic E-state index is 0.498. The van der Waals surface area contributed by atoms with Crippen molar-refractivity contribution in [3.63, 3.8) is 0 Å². The van der Waals surface area contributed by atoms with E-state index in [1.165, 1.54) is 37.2 Å². The van der Waals surface area contributed by atoms with Crippen molar-refractivity contribution in [2.24, 2.45) is 5.92 Å². The van der Waals surface area contributed by atoms with Gasteiger partial charge in [0.05, 0.1) is 20.9 Å². The molecule has 1 aromatic carbocycles. The number of fused-ring (bicyclic) bond motifs is 1. The predicted molar refractivity (Wildman–Crippen MR) is 92.6 cm³/mol. The van der Waals surface area contributed by atoms with E-state index in [0.717, 1.165) is 22.1 Å². The van der Waals surface area contributed by atoms with Gasteiger partial charge in [-0.25, -0.2) is 4.98 Å². The van der Waals surface area contributed by atoms with E-state index in [0.29, 0.717) is 6.04 Å². The fourth-order valence-corrected chi connectivity index (χ4v) is 3.92. The van der Waals surface area contributed by atoms with Crippen LogP contribution in [0.4, 0.5) is 5.69 Å². The predicted octanol–water partition coefficient (Wildman–Crippen LogP) is 4.48. The molecule has 3 nitrogen and oxygen atoms in total. The maximum absolute atomic E-state index is 6.37. The molecule has 0 spiro atoms. The normalized spacial score (nSPS) is 17.7. The molecule has 1 aliphatic rings. The highest BCUT2D eigenvalue weighted by Crippen LogP contribution is 2.33. The average Bonchev–Trinajstić information content (AvgIpc) is 2.92. The molecule has 0 amide bonds. The molecule has 0 saturated carbocycles. The van der Waals surface area contributed by atoms with Gasteiger partial charge >= 0.3 is 0 Å². The van der Waals surface area contributed by atoms with Crippen molar-refractivity contribution in [2.75, 3.05) is 25.0 Å². The molecule has 0 atom stereocenters. The Kier molecular flexibility index (Phi) is 4.67. The van der Waals surface area contributed by atoms with Crippen molar-refractivity contribution in [1.29, 1.82) is 0 Å². The second-order valence-corrected chi connectivity index (χ2v) is 7.53. The van der Waals surface area contributed by atoms with E-state index in [1.807, 2.05) is 17.6 Å². The smallest absolute Gasteiger partial charge is 0.106 e. The van der Waals surface area contributed by atoms with E-state index in [2.05, 4.69) is 29.0 Å². The average molecular weight is 324 g/mol. The first-order valence-corrected chi connectivity index (χ1v) is 8.90. The molecule has 2 aromatic rings. The van der Waals surface area contributed by atoms with Crippen LogP contribution in [-0.4, -0.2) is 35.6 Å². The van der Waals surface area contributed by atoms with Gasteiger partial charge in [-0.05, 0) is 30.9 Å². The number of anilines is 1. The summed E-state index contributed by atoms with van der Waals surface area (Å²) in [5.41, 5.74) is 3.91. The number of nitrogens with zero attached hydrogens (tertiary/aromatic N) is 2. The summed E-state index contributed by atoms with van der Waals surface area (Å²) < 4.78 is 1.19. The van der Waals surface area contributed by atoms with Crippen molar-refractivity contribution in [3.05, 3.63) is 22.7 Å². The summed E-state index contributed by atoms with van der Waals surface area (Å²) in [6.45, 7) is 8.11. The molecule has 1 N–H and O–H groups in total. The second-order valence-electron chi connectivity index (χ2n) is 6.23. The molecular weight excluding hydrogens is 302 g/mol. The van der Waals surface area contributed by atoms with Crippen molar-refractivity contribution < 1.29 is 0 Å². The third kappa shape index (κ3) is 3.50. The Balaban J connectivity index is 1.67. The maximum Gasteiger partial charge on any atom is 0.106 e. The van der Waals surface area contributed by atoms with Gasteiger partial charge in [-0.2, -0.15) is 0 Å². The third-order valence-electron chi connectivity index (χ3n) is 4.01. The molecule has 1 saturated heterocycles. The van der Waals surface area contributed by atoms with Gasteiger partial charge in [0.1, 0.15) is 5.52 Å². The molecule has 0 unspecified atom stereocenters. The van der Waals surface area contributed by atoms with Crippen LogP contribution in [0.3, 0.4) is 0 Å². The van der Waals surface area contributed by atoms with Crippen LogP contribution in [0.25, 0.3) is 10.2 Å². The molecular formula is C16H22ClN3S. The minimum absolute atomic E-state index is 0.498. The highest BCUT2D eigenvalue weighted by molar-refractivity contribution is 7.16. The Hall–Kier alpha value is -0.840. The lowest BCUT2D eigenvalue weighted by atomic mass is 10.0. The molecule has 1 fully saturated rings. The first kappa shape index (κ1) is 15.1. The number of hydrogen-bond donors (Lipinski definition) is 1. The standard InChI is InChI=1S/C16H22ClN3S/c1-11(2)9-20-7-5-12(6-8-20)19-15-13(17)3-4-14-16(15)18-10-21-14/h3-4,10-12,19H,5-9H2,1-2H3. The number of benzene rings is 1. The summed E-state index contributed by atoms with van der Waals surface area (Å²) in [5, 5.41) is 4.41. The van der Waals surface area contributed by atoms with Crippen LogP contribution >= 0.6 is 22.9 Å². The van der Waals surface area contributed by atoms with Gasteiger partial charge in [0, 0.05) is 25.7 Å². The lowest BCUT2D eigenvalue weighted by Crippen LogP contribution is -2.40. The van der Waals surface area contributed by atoms with E-state index < -0.39 is 0 Å². The van der Waals surface area contributed by atoms with Crippen LogP contribution in [0, 0.1) is 5.92 Å². The number of likely N-dealkylation sites (tertiary alicyclic amines) is 1. The minimum Gasteiger partial charge on any atom is -0.379 e. The molecule has 0 bridgehead atoms. The number of piperidine rings is 1. The summed E-state index contributed by atoms with van der Waals surface area (Å²) in [5.74, 6) is 0.743. The zero-order chi connectivity index (χ0) is 14.8. The van der Waals surface area contributed by atoms with Crippen LogP contribution in [0.1, 0.15) is 26.7 Å². The number of aromatic nitrogens is 1. The molecule has 3 rings (SSSR count). The fourth-order valence-electron chi connectivity index (χ4n) is 3.02. The lowest BCUT2D eigenvalue weighted by Gasteiger charge is -2.34. The molecule has 0 radical (unpaired) electrons. The fraction of sp³-hybridized carbons (Fsp3) is 0.562. The van der Waals surface area contributed by atoms with Crippen molar-refractivity contribution in [2.45, 2.75) is 32.7 Å². The Labute approximate surface area is 135 Å². The molecule has 5 heteroatoms. The molecule has 1 aromatic heterocycles. The summed E-state index contributed by atoms with van der Waals surface area (Å²) in [7, 11) is 0. The van der Waals surface area contributed by atoms with Gasteiger partial charge < -0.3 is 10.2 Å². The Morgan fingerprint density at radius 3 is 2.86 bits per heavy atom. The number of hydrogen-bond acceptors (Lipinski definition) is 4. The Morgan fingerprint density at radius 1 is 1.38 bits per heavy atom. The molecule has 2 heterocycles. The van der Waals surface area contributed by atoms with Gasteiger partial charge in [0.25, 0.3) is 0 Å². The summed E-state index contributed by atoms with van der Waals surface area (Å²) >= 11 is 8.03. The number of nitrogens with one attached hydrogen (secondary N) is 1. The van der Waals surface area contributed by atoms with E-state index in [1.54, 1.807) is 11.3 Å². The van der Waals surface area contributed by atoms with E-state index in [4.69, 9.17) is 11.6 Å². The maximum atomic E-state index is 6.37. The Morgan fingerprint density at radius 2 is 2.14 bits per heavy atom. The topological polar surface area (TPSA) is 28.2 Å². The van der Waals surface area contributed by atoms with Gasteiger partial charge in [-0.1, -0.05) is 25.4 Å². The summed E-state index contributed by atoms with van der Waals surface area (Å²) in [6.07, 6.45) is 2.34. The van der Waals surface area contributed by atoms with Crippen LogP contribution in [0.5, 0.6) is 0 Å². The molecule has 114 valence electrons. The van der Waals surface area contributed by atoms with Gasteiger partial charge in [0.15, 0.2) is 0 Å². The van der Waals surface area contributed by atoms with Crippen LogP contribution < -0.4 is 5.32 Å². The highest BCUT2D eigenvalue weighted by atomic mass is 35.5. The second kappa shape index (κ2) is 6.51. The lowest BCUT2D eigenvalue weighted by molar-refractivity contribution is 0.198. The van der Waals surface area contributed by atoms with Gasteiger partial charge in [-0.15, -0.1) is 11.3 Å². The first-order chi connectivity index (χ1) is 10.1. The zero-order valence-electron chi connectivity index (χ0n) is 12.6. The zero-order valence-corrected chi connectivity index (χ0v) is 14.2. The summed E-state index contributed by atoms with van der Waals surface area (Å²) in [4.78, 5) is 7.02. The number of thiazole rings is 1. The largest absolute Gasteiger partial charge is 0.379 e. The quantitative estimate of drug-likeness (QED) is 0.899. The van der Waals surface area contributed by atoms with Crippen molar-refractivity contribution >= 4 is 38.8 Å².